The Morgan fingerprint density at radius 2 is 2.39 bits per heavy atom. The molecule has 0 saturated carbocycles. The van der Waals surface area contributed by atoms with Gasteiger partial charge in [-0.3, -0.25) is 4.90 Å². The Bertz CT molecular complexity index is 407. The van der Waals surface area contributed by atoms with Crippen molar-refractivity contribution < 1.29 is 4.74 Å². The van der Waals surface area contributed by atoms with Crippen molar-refractivity contribution in [2.24, 2.45) is 5.73 Å². The molecule has 1 aliphatic rings. The van der Waals surface area contributed by atoms with E-state index in [1.807, 2.05) is 0 Å². The molecule has 3 nitrogen and oxygen atoms in total. The predicted octanol–water partition coefficient (Wildman–Crippen LogP) is 3.01. The van der Waals surface area contributed by atoms with Crippen LogP contribution in [-0.4, -0.2) is 36.2 Å². The second-order valence-corrected chi connectivity index (χ2v) is 7.84. The molecule has 0 radical (unpaired) electrons. The second-order valence-electron chi connectivity index (χ2n) is 5.55. The minimum Gasteiger partial charge on any atom is -0.370 e. The first-order valence-electron chi connectivity index (χ1n) is 6.27. The molecule has 1 aliphatic heterocycles. The van der Waals surface area contributed by atoms with E-state index < -0.39 is 0 Å². The molecular formula is C13H21BrN2OS. The lowest BCUT2D eigenvalue weighted by molar-refractivity contribution is -0.137. The van der Waals surface area contributed by atoms with Gasteiger partial charge in [0.2, 0.25) is 0 Å². The Kier molecular flexibility index (Phi) is 4.49. The van der Waals surface area contributed by atoms with Gasteiger partial charge in [0.1, 0.15) is 0 Å². The van der Waals surface area contributed by atoms with Gasteiger partial charge in [-0.25, -0.2) is 0 Å². The zero-order valence-corrected chi connectivity index (χ0v) is 13.6. The Hall–Kier alpha value is 0.0600. The Balaban J connectivity index is 2.17. The molecule has 1 aromatic heterocycles. The average molecular weight is 333 g/mol. The maximum atomic E-state index is 5.99. The highest BCUT2D eigenvalue weighted by molar-refractivity contribution is 9.11. The van der Waals surface area contributed by atoms with Gasteiger partial charge >= 0.3 is 0 Å². The van der Waals surface area contributed by atoms with Crippen molar-refractivity contribution in [3.8, 4) is 0 Å². The van der Waals surface area contributed by atoms with E-state index in [0.717, 1.165) is 16.9 Å². The van der Waals surface area contributed by atoms with Gasteiger partial charge in [0.25, 0.3) is 0 Å². The number of hydrogen-bond donors (Lipinski definition) is 1. The van der Waals surface area contributed by atoms with Gasteiger partial charge in [-0.05, 0) is 53.7 Å². The summed E-state index contributed by atoms with van der Waals surface area (Å²) in [6, 6.07) is 2.47. The minimum atomic E-state index is -0.0989. The van der Waals surface area contributed by atoms with Crippen LogP contribution in [-0.2, 0) is 4.74 Å². The molecule has 0 aliphatic carbocycles. The molecule has 0 aromatic carbocycles. The number of nitrogens with two attached hydrogens (primary N) is 1. The van der Waals surface area contributed by atoms with E-state index >= 15 is 0 Å². The van der Waals surface area contributed by atoms with Gasteiger partial charge < -0.3 is 10.5 Å². The van der Waals surface area contributed by atoms with Crippen LogP contribution in [0.3, 0.4) is 0 Å². The first kappa shape index (κ1) is 14.5. The highest BCUT2D eigenvalue weighted by atomic mass is 79.9. The largest absolute Gasteiger partial charge is 0.370 e. The third kappa shape index (κ3) is 3.33. The van der Waals surface area contributed by atoms with Crippen LogP contribution < -0.4 is 5.73 Å². The Morgan fingerprint density at radius 3 is 2.89 bits per heavy atom. The Labute approximate surface area is 121 Å². The SMILES string of the molecule is CC1CN(C(CN)c2csc(Br)c2)CC(C)(C)O1. The standard InChI is InChI=1S/C13H21BrN2OS/c1-9-6-16(8-13(2,3)17-9)11(5-15)10-4-12(14)18-7-10/h4,7,9,11H,5-6,8,15H2,1-3H3. The van der Waals surface area contributed by atoms with E-state index in [0.29, 0.717) is 6.54 Å². The van der Waals surface area contributed by atoms with E-state index in [4.69, 9.17) is 10.5 Å². The first-order chi connectivity index (χ1) is 8.41. The molecule has 2 heterocycles. The number of thiophene rings is 1. The van der Waals surface area contributed by atoms with E-state index in [1.54, 1.807) is 11.3 Å². The van der Waals surface area contributed by atoms with E-state index in [1.165, 1.54) is 5.56 Å². The molecule has 5 heteroatoms. The molecule has 2 N–H and O–H groups in total. The first-order valence-corrected chi connectivity index (χ1v) is 7.94. The lowest BCUT2D eigenvalue weighted by atomic mass is 10.0. The number of nitrogens with zero attached hydrogens (tertiary/aromatic N) is 1. The number of morpholine rings is 1. The van der Waals surface area contributed by atoms with Crippen LogP contribution in [0.2, 0.25) is 0 Å². The van der Waals surface area contributed by atoms with Crippen LogP contribution in [0, 0.1) is 0 Å². The molecule has 1 fully saturated rings. The average Bonchev–Trinajstić information content (AvgIpc) is 2.63. The molecule has 102 valence electrons. The summed E-state index contributed by atoms with van der Waals surface area (Å²) < 4.78 is 7.11. The highest BCUT2D eigenvalue weighted by Crippen LogP contribution is 2.32. The fourth-order valence-corrected chi connectivity index (χ4v) is 3.96. The zero-order chi connectivity index (χ0) is 13.3. The van der Waals surface area contributed by atoms with Gasteiger partial charge in [-0.1, -0.05) is 0 Å². The number of halogens is 1. The lowest BCUT2D eigenvalue weighted by Crippen LogP contribution is -2.53. The summed E-state index contributed by atoms with van der Waals surface area (Å²) in [5.41, 5.74) is 7.19. The molecule has 1 aromatic rings. The van der Waals surface area contributed by atoms with E-state index in [2.05, 4.69) is 53.0 Å². The van der Waals surface area contributed by atoms with E-state index in [9.17, 15) is 0 Å². The second kappa shape index (κ2) is 5.59. The molecule has 2 rings (SSSR count). The maximum absolute atomic E-state index is 5.99. The monoisotopic (exact) mass is 332 g/mol. The summed E-state index contributed by atoms with van der Waals surface area (Å²) in [5, 5.41) is 2.19. The summed E-state index contributed by atoms with van der Waals surface area (Å²) >= 11 is 5.24. The fraction of sp³-hybridized carbons (Fsp3) is 0.692. The van der Waals surface area contributed by atoms with Crippen molar-refractivity contribution in [3.05, 3.63) is 20.8 Å². The molecule has 2 unspecified atom stereocenters. The number of rotatable bonds is 3. The maximum Gasteiger partial charge on any atom is 0.0757 e. The van der Waals surface area contributed by atoms with Gasteiger partial charge in [-0.2, -0.15) is 0 Å². The molecule has 1 saturated heterocycles. The predicted molar refractivity (Wildman–Crippen MR) is 80.0 cm³/mol. The molecule has 0 spiro atoms. The van der Waals surface area contributed by atoms with Crippen molar-refractivity contribution in [3.63, 3.8) is 0 Å². The molecule has 2 atom stereocenters. The Morgan fingerprint density at radius 1 is 1.67 bits per heavy atom. The van der Waals surface area contributed by atoms with Crippen LogP contribution in [0.4, 0.5) is 0 Å². The van der Waals surface area contributed by atoms with Crippen molar-refractivity contribution in [2.45, 2.75) is 38.5 Å². The van der Waals surface area contributed by atoms with Gasteiger partial charge in [0.15, 0.2) is 0 Å². The summed E-state index contributed by atoms with van der Waals surface area (Å²) in [6.07, 6.45) is 0.255. The van der Waals surface area contributed by atoms with Gasteiger partial charge in [0.05, 0.1) is 15.5 Å². The zero-order valence-electron chi connectivity index (χ0n) is 11.1. The third-order valence-electron chi connectivity index (χ3n) is 3.23. The fourth-order valence-electron chi connectivity index (χ4n) is 2.73. The molecule has 0 bridgehead atoms. The normalized spacial score (nSPS) is 26.2. The molecule has 0 amide bonds. The summed E-state index contributed by atoms with van der Waals surface area (Å²) in [4.78, 5) is 2.45. The van der Waals surface area contributed by atoms with Crippen molar-refractivity contribution >= 4 is 27.3 Å². The molecule has 18 heavy (non-hydrogen) atoms. The molecular weight excluding hydrogens is 312 g/mol. The van der Waals surface area contributed by atoms with Crippen LogP contribution in [0.5, 0.6) is 0 Å². The van der Waals surface area contributed by atoms with Crippen molar-refractivity contribution in [1.82, 2.24) is 4.90 Å². The lowest BCUT2D eigenvalue weighted by Gasteiger charge is -2.44. The quantitative estimate of drug-likeness (QED) is 0.924. The third-order valence-corrected chi connectivity index (χ3v) is 4.75. The van der Waals surface area contributed by atoms with E-state index in [-0.39, 0.29) is 17.7 Å². The summed E-state index contributed by atoms with van der Waals surface area (Å²) in [5.74, 6) is 0. The van der Waals surface area contributed by atoms with Crippen LogP contribution in [0.25, 0.3) is 0 Å². The van der Waals surface area contributed by atoms with Crippen molar-refractivity contribution in [1.29, 1.82) is 0 Å². The summed E-state index contributed by atoms with van der Waals surface area (Å²) in [7, 11) is 0. The van der Waals surface area contributed by atoms with Gasteiger partial charge in [0, 0.05) is 25.7 Å². The van der Waals surface area contributed by atoms with Crippen LogP contribution in [0.1, 0.15) is 32.4 Å². The highest BCUT2D eigenvalue weighted by Gasteiger charge is 2.34. The smallest absolute Gasteiger partial charge is 0.0757 e. The number of hydrogen-bond acceptors (Lipinski definition) is 4. The van der Waals surface area contributed by atoms with Crippen molar-refractivity contribution in [2.75, 3.05) is 19.6 Å². The topological polar surface area (TPSA) is 38.5 Å². The minimum absolute atomic E-state index is 0.0989. The van der Waals surface area contributed by atoms with Crippen LogP contribution in [0.15, 0.2) is 15.2 Å². The number of ether oxygens (including phenoxy) is 1. The van der Waals surface area contributed by atoms with Gasteiger partial charge in [-0.15, -0.1) is 11.3 Å². The summed E-state index contributed by atoms with van der Waals surface area (Å²) in [6.45, 7) is 8.93. The van der Waals surface area contributed by atoms with Crippen LogP contribution >= 0.6 is 27.3 Å².